The Morgan fingerprint density at radius 2 is 1.87 bits per heavy atom. The van der Waals surface area contributed by atoms with E-state index >= 15 is 0 Å². The molecule has 30 heavy (non-hydrogen) atoms. The standard InChI is InChI=1S/C24H22BrNO4/c1-29-20-12-26-13-21-22(20)23(28)17(14-27)11-19(15-5-3-2-4-6-15)24(23,30-21)16-7-9-18(25)10-8-16/h2-10,12-13,17,19,27-28H,11,14H2,1H3. The zero-order chi connectivity index (χ0) is 20.9. The summed E-state index contributed by atoms with van der Waals surface area (Å²) in [6.07, 6.45) is 3.77. The first-order valence-electron chi connectivity index (χ1n) is 9.92. The van der Waals surface area contributed by atoms with Gasteiger partial charge < -0.3 is 19.7 Å². The third-order valence-electron chi connectivity index (χ3n) is 6.61. The van der Waals surface area contributed by atoms with Gasteiger partial charge in [0.2, 0.25) is 0 Å². The van der Waals surface area contributed by atoms with Gasteiger partial charge in [-0.1, -0.05) is 58.4 Å². The normalized spacial score (nSPS) is 29.2. The van der Waals surface area contributed by atoms with E-state index in [1.54, 1.807) is 19.5 Å². The average Bonchev–Trinajstić information content (AvgIpc) is 3.19. The quantitative estimate of drug-likeness (QED) is 0.603. The monoisotopic (exact) mass is 467 g/mol. The maximum absolute atomic E-state index is 12.5. The second-order valence-electron chi connectivity index (χ2n) is 7.90. The SMILES string of the molecule is COc1cncc2c1C1(O)C(CO)CC(c3ccccc3)C1(c1ccc(Br)cc1)O2. The number of hydrogen-bond acceptors (Lipinski definition) is 5. The number of benzene rings is 2. The first kappa shape index (κ1) is 19.5. The third-order valence-corrected chi connectivity index (χ3v) is 7.14. The molecule has 0 saturated heterocycles. The first-order valence-corrected chi connectivity index (χ1v) is 10.7. The Bertz CT molecular complexity index is 1070. The van der Waals surface area contributed by atoms with Gasteiger partial charge in [-0.15, -0.1) is 0 Å². The van der Waals surface area contributed by atoms with Gasteiger partial charge in [0, 0.05) is 22.9 Å². The van der Waals surface area contributed by atoms with E-state index in [4.69, 9.17) is 9.47 Å². The fourth-order valence-electron chi connectivity index (χ4n) is 5.37. The molecule has 6 heteroatoms. The number of aromatic nitrogens is 1. The van der Waals surface area contributed by atoms with Crippen LogP contribution in [0.5, 0.6) is 11.5 Å². The Morgan fingerprint density at radius 1 is 1.13 bits per heavy atom. The second kappa shape index (κ2) is 7.08. The second-order valence-corrected chi connectivity index (χ2v) is 8.82. The van der Waals surface area contributed by atoms with E-state index in [1.165, 1.54) is 0 Å². The van der Waals surface area contributed by atoms with Crippen molar-refractivity contribution in [1.82, 2.24) is 4.98 Å². The number of nitrogens with zero attached hydrogens (tertiary/aromatic N) is 1. The van der Waals surface area contributed by atoms with Crippen molar-refractivity contribution in [1.29, 1.82) is 0 Å². The summed E-state index contributed by atoms with van der Waals surface area (Å²) in [5.41, 5.74) is -0.160. The molecule has 1 saturated carbocycles. The molecule has 0 amide bonds. The first-order chi connectivity index (χ1) is 14.6. The highest BCUT2D eigenvalue weighted by molar-refractivity contribution is 9.10. The molecule has 0 spiro atoms. The van der Waals surface area contributed by atoms with Crippen LogP contribution in [0.15, 0.2) is 71.5 Å². The van der Waals surface area contributed by atoms with Gasteiger partial charge >= 0.3 is 0 Å². The van der Waals surface area contributed by atoms with Crippen LogP contribution >= 0.6 is 15.9 Å². The molecule has 1 aliphatic heterocycles. The van der Waals surface area contributed by atoms with Crippen molar-refractivity contribution in [2.45, 2.75) is 23.5 Å². The number of fused-ring (bicyclic) bond motifs is 3. The highest BCUT2D eigenvalue weighted by Crippen LogP contribution is 2.69. The Kier molecular flexibility index (Phi) is 4.61. The van der Waals surface area contributed by atoms with Crippen molar-refractivity contribution in [3.63, 3.8) is 0 Å². The molecule has 2 heterocycles. The molecule has 0 bridgehead atoms. The minimum absolute atomic E-state index is 0.174. The molecule has 5 rings (SSSR count). The number of ether oxygens (including phenoxy) is 2. The van der Waals surface area contributed by atoms with Crippen LogP contribution in [0.3, 0.4) is 0 Å². The average molecular weight is 468 g/mol. The van der Waals surface area contributed by atoms with Crippen molar-refractivity contribution in [3.05, 3.63) is 88.2 Å². The number of aliphatic hydroxyl groups is 2. The highest BCUT2D eigenvalue weighted by Gasteiger charge is 2.73. The van der Waals surface area contributed by atoms with Gasteiger partial charge in [0.05, 0.1) is 25.1 Å². The van der Waals surface area contributed by atoms with Crippen LogP contribution in [0, 0.1) is 5.92 Å². The summed E-state index contributed by atoms with van der Waals surface area (Å²) in [6, 6.07) is 17.9. The summed E-state index contributed by atoms with van der Waals surface area (Å²) >= 11 is 3.50. The molecule has 0 radical (unpaired) electrons. The zero-order valence-corrected chi connectivity index (χ0v) is 18.0. The van der Waals surface area contributed by atoms with Crippen LogP contribution in [-0.4, -0.2) is 28.9 Å². The number of hydrogen-bond donors (Lipinski definition) is 2. The summed E-state index contributed by atoms with van der Waals surface area (Å²) in [7, 11) is 1.55. The fraction of sp³-hybridized carbons (Fsp3) is 0.292. The third kappa shape index (κ3) is 2.44. The maximum atomic E-state index is 12.5. The van der Waals surface area contributed by atoms with Gasteiger partial charge in [-0.25, -0.2) is 0 Å². The summed E-state index contributed by atoms with van der Waals surface area (Å²) < 4.78 is 13.2. The van der Waals surface area contributed by atoms with Gasteiger partial charge in [0.1, 0.15) is 17.1 Å². The molecule has 154 valence electrons. The van der Waals surface area contributed by atoms with Crippen molar-refractivity contribution < 1.29 is 19.7 Å². The molecule has 2 aliphatic rings. The lowest BCUT2D eigenvalue weighted by molar-refractivity contribution is -0.135. The lowest BCUT2D eigenvalue weighted by atomic mass is 9.70. The predicted molar refractivity (Wildman–Crippen MR) is 116 cm³/mol. The Labute approximate surface area is 183 Å². The number of pyridine rings is 1. The number of methoxy groups -OCH3 is 1. The largest absolute Gasteiger partial charge is 0.495 e. The van der Waals surface area contributed by atoms with Crippen molar-refractivity contribution in [3.8, 4) is 11.5 Å². The summed E-state index contributed by atoms with van der Waals surface area (Å²) in [6.45, 7) is -0.174. The summed E-state index contributed by atoms with van der Waals surface area (Å²) in [4.78, 5) is 4.24. The number of aliphatic hydroxyl groups excluding tert-OH is 1. The molecule has 2 aromatic carbocycles. The molecular formula is C24H22BrNO4. The van der Waals surface area contributed by atoms with Crippen molar-refractivity contribution in [2.75, 3.05) is 13.7 Å². The Morgan fingerprint density at radius 3 is 2.53 bits per heavy atom. The Balaban J connectivity index is 1.83. The van der Waals surface area contributed by atoms with Crippen LogP contribution in [0.1, 0.15) is 29.0 Å². The van der Waals surface area contributed by atoms with Crippen molar-refractivity contribution in [2.24, 2.45) is 5.92 Å². The molecule has 2 N–H and O–H groups in total. The minimum atomic E-state index is -1.49. The number of rotatable bonds is 4. The lowest BCUT2D eigenvalue weighted by Crippen LogP contribution is -2.51. The highest BCUT2D eigenvalue weighted by atomic mass is 79.9. The minimum Gasteiger partial charge on any atom is -0.495 e. The van der Waals surface area contributed by atoms with E-state index in [0.29, 0.717) is 23.5 Å². The molecule has 1 fully saturated rings. The number of halogens is 1. The molecule has 5 nitrogen and oxygen atoms in total. The van der Waals surface area contributed by atoms with Crippen molar-refractivity contribution >= 4 is 15.9 Å². The predicted octanol–water partition coefficient (Wildman–Crippen LogP) is 4.12. The van der Waals surface area contributed by atoms with E-state index < -0.39 is 17.1 Å². The van der Waals surface area contributed by atoms with Crippen LogP contribution in [0.4, 0.5) is 0 Å². The molecule has 4 unspecified atom stereocenters. The topological polar surface area (TPSA) is 71.8 Å². The molecule has 3 aromatic rings. The molecular weight excluding hydrogens is 446 g/mol. The van der Waals surface area contributed by atoms with E-state index in [-0.39, 0.29) is 12.5 Å². The fourth-order valence-corrected chi connectivity index (χ4v) is 5.64. The van der Waals surface area contributed by atoms with Crippen LogP contribution < -0.4 is 9.47 Å². The lowest BCUT2D eigenvalue weighted by Gasteiger charge is -2.41. The molecule has 1 aliphatic carbocycles. The maximum Gasteiger partial charge on any atom is 0.174 e. The van der Waals surface area contributed by atoms with E-state index in [9.17, 15) is 10.2 Å². The van der Waals surface area contributed by atoms with Gasteiger partial charge in [0.15, 0.2) is 5.60 Å². The zero-order valence-electron chi connectivity index (χ0n) is 16.5. The van der Waals surface area contributed by atoms with Gasteiger partial charge in [-0.2, -0.15) is 0 Å². The smallest absolute Gasteiger partial charge is 0.174 e. The summed E-state index contributed by atoms with van der Waals surface area (Å²) in [5.74, 6) is 0.322. The van der Waals surface area contributed by atoms with E-state index in [0.717, 1.165) is 15.6 Å². The Hall–Kier alpha value is -2.41. The van der Waals surface area contributed by atoms with Gasteiger partial charge in [0.25, 0.3) is 0 Å². The van der Waals surface area contributed by atoms with E-state index in [1.807, 2.05) is 54.6 Å². The van der Waals surface area contributed by atoms with Gasteiger partial charge in [-0.05, 0) is 29.7 Å². The van der Waals surface area contributed by atoms with E-state index in [2.05, 4.69) is 20.9 Å². The van der Waals surface area contributed by atoms with Crippen LogP contribution in [0.25, 0.3) is 0 Å². The summed E-state index contributed by atoms with van der Waals surface area (Å²) in [5, 5.41) is 22.8. The van der Waals surface area contributed by atoms with Crippen LogP contribution in [-0.2, 0) is 11.2 Å². The van der Waals surface area contributed by atoms with Gasteiger partial charge in [-0.3, -0.25) is 4.98 Å². The molecule has 1 aromatic heterocycles. The molecule has 4 atom stereocenters. The van der Waals surface area contributed by atoms with Crippen LogP contribution in [0.2, 0.25) is 0 Å².